The molecule has 0 fully saturated rings. The van der Waals surface area contributed by atoms with E-state index in [1.54, 1.807) is 0 Å². The largest absolute Gasteiger partial charge is 0.326 e. The Kier molecular flexibility index (Phi) is 3.91. The molecular formula is C15H18N2. The van der Waals surface area contributed by atoms with E-state index in [0.717, 1.165) is 6.42 Å². The van der Waals surface area contributed by atoms with Gasteiger partial charge in [-0.15, -0.1) is 0 Å². The van der Waals surface area contributed by atoms with Crippen LogP contribution in [0.2, 0.25) is 0 Å². The van der Waals surface area contributed by atoms with Gasteiger partial charge in [0.25, 0.3) is 0 Å². The van der Waals surface area contributed by atoms with Crippen molar-refractivity contribution in [3.8, 4) is 0 Å². The van der Waals surface area contributed by atoms with E-state index in [0.29, 0.717) is 13.1 Å². The first kappa shape index (κ1) is 11.8. The summed E-state index contributed by atoms with van der Waals surface area (Å²) < 4.78 is 0. The van der Waals surface area contributed by atoms with E-state index in [1.165, 1.54) is 22.3 Å². The van der Waals surface area contributed by atoms with Crippen LogP contribution in [-0.4, -0.2) is 0 Å². The van der Waals surface area contributed by atoms with E-state index >= 15 is 0 Å². The molecule has 0 aromatic heterocycles. The Balaban J connectivity index is 2.19. The fourth-order valence-electron chi connectivity index (χ4n) is 1.94. The zero-order chi connectivity index (χ0) is 12.1. The van der Waals surface area contributed by atoms with Gasteiger partial charge in [-0.05, 0) is 28.7 Å². The summed E-state index contributed by atoms with van der Waals surface area (Å²) in [4.78, 5) is 0. The lowest BCUT2D eigenvalue weighted by atomic mass is 9.99. The summed E-state index contributed by atoms with van der Waals surface area (Å²) in [7, 11) is 0. The molecule has 0 bridgehead atoms. The Morgan fingerprint density at radius 3 is 1.82 bits per heavy atom. The van der Waals surface area contributed by atoms with Crippen molar-refractivity contribution in [2.45, 2.75) is 19.5 Å². The number of rotatable bonds is 4. The molecule has 0 aliphatic carbocycles. The third-order valence-corrected chi connectivity index (χ3v) is 2.99. The predicted octanol–water partition coefficient (Wildman–Crippen LogP) is 2.19. The van der Waals surface area contributed by atoms with Crippen molar-refractivity contribution in [2.24, 2.45) is 11.5 Å². The number of nitrogens with two attached hydrogens (primary N) is 2. The number of benzene rings is 2. The van der Waals surface area contributed by atoms with Gasteiger partial charge >= 0.3 is 0 Å². The van der Waals surface area contributed by atoms with Gasteiger partial charge in [-0.25, -0.2) is 0 Å². The maximum atomic E-state index is 5.73. The maximum absolute atomic E-state index is 5.73. The van der Waals surface area contributed by atoms with Crippen LogP contribution in [0.4, 0.5) is 0 Å². The highest BCUT2D eigenvalue weighted by molar-refractivity contribution is 5.33. The number of hydrogen-bond acceptors (Lipinski definition) is 2. The Labute approximate surface area is 102 Å². The summed E-state index contributed by atoms with van der Waals surface area (Å²) >= 11 is 0. The molecule has 0 aliphatic heterocycles. The second-order valence-electron chi connectivity index (χ2n) is 4.17. The second-order valence-corrected chi connectivity index (χ2v) is 4.17. The van der Waals surface area contributed by atoms with Crippen molar-refractivity contribution in [1.29, 1.82) is 0 Å². The second kappa shape index (κ2) is 5.62. The summed E-state index contributed by atoms with van der Waals surface area (Å²) in [5, 5.41) is 0. The van der Waals surface area contributed by atoms with Crippen LogP contribution >= 0.6 is 0 Å². The van der Waals surface area contributed by atoms with Crippen LogP contribution in [0.5, 0.6) is 0 Å². The molecule has 17 heavy (non-hydrogen) atoms. The third-order valence-electron chi connectivity index (χ3n) is 2.99. The van der Waals surface area contributed by atoms with E-state index in [9.17, 15) is 0 Å². The Hall–Kier alpha value is -1.64. The zero-order valence-corrected chi connectivity index (χ0v) is 9.89. The monoisotopic (exact) mass is 226 g/mol. The highest BCUT2D eigenvalue weighted by Gasteiger charge is 2.01. The topological polar surface area (TPSA) is 52.0 Å². The van der Waals surface area contributed by atoms with E-state index < -0.39 is 0 Å². The van der Waals surface area contributed by atoms with Crippen LogP contribution in [0, 0.1) is 0 Å². The quantitative estimate of drug-likeness (QED) is 0.839. The smallest absolute Gasteiger partial charge is 0.0180 e. The SMILES string of the molecule is NCc1ccc(Cc2ccccc2CN)cc1. The molecule has 0 unspecified atom stereocenters. The minimum atomic E-state index is 0.594. The van der Waals surface area contributed by atoms with E-state index in [-0.39, 0.29) is 0 Å². The molecule has 0 aliphatic rings. The standard InChI is InChI=1S/C15H18N2/c16-10-13-7-5-12(6-8-13)9-14-3-1-2-4-15(14)11-17/h1-8H,9-11,16-17H2. The Bertz CT molecular complexity index is 475. The molecule has 0 atom stereocenters. The van der Waals surface area contributed by atoms with Gasteiger partial charge in [0.05, 0.1) is 0 Å². The summed E-state index contributed by atoms with van der Waals surface area (Å²) in [5.74, 6) is 0. The molecule has 2 nitrogen and oxygen atoms in total. The molecule has 0 saturated carbocycles. The fraction of sp³-hybridized carbons (Fsp3) is 0.200. The minimum Gasteiger partial charge on any atom is -0.326 e. The van der Waals surface area contributed by atoms with E-state index in [1.807, 2.05) is 6.07 Å². The summed E-state index contributed by atoms with van der Waals surface area (Å²) in [5.41, 5.74) is 16.3. The highest BCUT2D eigenvalue weighted by Crippen LogP contribution is 2.14. The van der Waals surface area contributed by atoms with Gasteiger partial charge < -0.3 is 11.5 Å². The van der Waals surface area contributed by atoms with Crippen LogP contribution in [0.1, 0.15) is 22.3 Å². The average Bonchev–Trinajstić information content (AvgIpc) is 2.40. The maximum Gasteiger partial charge on any atom is 0.0180 e. The lowest BCUT2D eigenvalue weighted by Gasteiger charge is -2.08. The van der Waals surface area contributed by atoms with Gasteiger partial charge in [0.15, 0.2) is 0 Å². The molecule has 2 aromatic rings. The Morgan fingerprint density at radius 2 is 1.24 bits per heavy atom. The molecular weight excluding hydrogens is 208 g/mol. The third kappa shape index (κ3) is 2.93. The molecule has 0 amide bonds. The van der Waals surface area contributed by atoms with Crippen molar-refractivity contribution in [1.82, 2.24) is 0 Å². The molecule has 0 saturated heterocycles. The first-order valence-corrected chi connectivity index (χ1v) is 5.88. The lowest BCUT2D eigenvalue weighted by molar-refractivity contribution is 1.02. The molecule has 2 heteroatoms. The zero-order valence-electron chi connectivity index (χ0n) is 9.89. The number of hydrogen-bond donors (Lipinski definition) is 2. The van der Waals surface area contributed by atoms with Crippen molar-refractivity contribution < 1.29 is 0 Å². The average molecular weight is 226 g/mol. The Morgan fingerprint density at radius 1 is 0.647 bits per heavy atom. The van der Waals surface area contributed by atoms with Crippen LogP contribution < -0.4 is 11.5 Å². The highest BCUT2D eigenvalue weighted by atomic mass is 14.5. The molecule has 2 rings (SSSR count). The van der Waals surface area contributed by atoms with Crippen LogP contribution in [-0.2, 0) is 19.5 Å². The van der Waals surface area contributed by atoms with Gasteiger partial charge in [-0.3, -0.25) is 0 Å². The van der Waals surface area contributed by atoms with Gasteiger partial charge in [0, 0.05) is 13.1 Å². The molecule has 0 heterocycles. The molecule has 0 radical (unpaired) electrons. The first-order chi connectivity index (χ1) is 8.33. The van der Waals surface area contributed by atoms with Crippen LogP contribution in [0.15, 0.2) is 48.5 Å². The fourth-order valence-corrected chi connectivity index (χ4v) is 1.94. The van der Waals surface area contributed by atoms with Gasteiger partial charge in [-0.1, -0.05) is 48.5 Å². The summed E-state index contributed by atoms with van der Waals surface area (Å²) in [6.07, 6.45) is 0.929. The van der Waals surface area contributed by atoms with Gasteiger partial charge in [0.1, 0.15) is 0 Å². The first-order valence-electron chi connectivity index (χ1n) is 5.88. The summed E-state index contributed by atoms with van der Waals surface area (Å²) in [6.45, 7) is 1.19. The van der Waals surface area contributed by atoms with E-state index in [4.69, 9.17) is 11.5 Å². The van der Waals surface area contributed by atoms with Crippen molar-refractivity contribution in [2.75, 3.05) is 0 Å². The minimum absolute atomic E-state index is 0.594. The van der Waals surface area contributed by atoms with Gasteiger partial charge in [-0.2, -0.15) is 0 Å². The van der Waals surface area contributed by atoms with E-state index in [2.05, 4.69) is 42.5 Å². The van der Waals surface area contributed by atoms with Crippen molar-refractivity contribution in [3.05, 3.63) is 70.8 Å². The van der Waals surface area contributed by atoms with Crippen LogP contribution in [0.25, 0.3) is 0 Å². The molecule has 88 valence electrons. The van der Waals surface area contributed by atoms with Crippen molar-refractivity contribution in [3.63, 3.8) is 0 Å². The lowest BCUT2D eigenvalue weighted by Crippen LogP contribution is -2.02. The van der Waals surface area contributed by atoms with Gasteiger partial charge in [0.2, 0.25) is 0 Å². The normalized spacial score (nSPS) is 10.5. The molecule has 0 spiro atoms. The van der Waals surface area contributed by atoms with Crippen molar-refractivity contribution >= 4 is 0 Å². The molecule has 2 aromatic carbocycles. The summed E-state index contributed by atoms with van der Waals surface area (Å²) in [6, 6.07) is 16.8. The molecule has 4 N–H and O–H groups in total. The predicted molar refractivity (Wildman–Crippen MR) is 71.5 cm³/mol. The van der Waals surface area contributed by atoms with Crippen LogP contribution in [0.3, 0.4) is 0 Å².